The third-order valence-electron chi connectivity index (χ3n) is 3.64. The summed E-state index contributed by atoms with van der Waals surface area (Å²) in [6.07, 6.45) is 0. The second kappa shape index (κ2) is 5.75. The number of allylic oxidation sites excluding steroid dienone is 1. The molecule has 0 aliphatic carbocycles. The highest BCUT2D eigenvalue weighted by molar-refractivity contribution is 5.92. The molecule has 0 fully saturated rings. The van der Waals surface area contributed by atoms with E-state index in [1.54, 1.807) is 43.7 Å². The maximum absolute atomic E-state index is 12.4. The smallest absolute Gasteiger partial charge is 0.338 e. The Balaban J connectivity index is 2.18. The molecule has 1 atom stereocenters. The first-order chi connectivity index (χ1) is 11.0. The monoisotopic (exact) mass is 314 g/mol. The molecule has 2 N–H and O–H groups in total. The zero-order valence-corrected chi connectivity index (χ0v) is 13.2. The molecule has 0 unspecified atom stereocenters. The molecule has 0 spiro atoms. The Morgan fingerprint density at radius 1 is 1.43 bits per heavy atom. The van der Waals surface area contributed by atoms with Gasteiger partial charge in [0.25, 0.3) is 0 Å². The highest BCUT2D eigenvalue weighted by Crippen LogP contribution is 2.36. The summed E-state index contributed by atoms with van der Waals surface area (Å²) in [6, 6.07) is 6.26. The van der Waals surface area contributed by atoms with Crippen molar-refractivity contribution >= 4 is 11.9 Å². The Bertz CT molecular complexity index is 794. The second-order valence-corrected chi connectivity index (χ2v) is 5.31. The molecule has 0 radical (unpaired) electrons. The number of carbonyl (C=O) groups is 1. The summed E-state index contributed by atoms with van der Waals surface area (Å²) in [5, 5.41) is 17.3. The molecule has 3 rings (SSSR count). The fourth-order valence-corrected chi connectivity index (χ4v) is 2.73. The number of ether oxygens (including phenoxy) is 1. The lowest BCUT2D eigenvalue weighted by molar-refractivity contribution is -0.139. The van der Waals surface area contributed by atoms with Crippen molar-refractivity contribution in [1.82, 2.24) is 14.8 Å². The van der Waals surface area contributed by atoms with Gasteiger partial charge < -0.3 is 15.2 Å². The number of esters is 1. The molecule has 1 aliphatic rings. The van der Waals surface area contributed by atoms with Gasteiger partial charge in [-0.15, -0.1) is 0 Å². The van der Waals surface area contributed by atoms with E-state index in [0.717, 1.165) is 5.56 Å². The third-order valence-corrected chi connectivity index (χ3v) is 3.64. The first kappa shape index (κ1) is 15.1. The predicted octanol–water partition coefficient (Wildman–Crippen LogP) is 2.14. The molecule has 2 heterocycles. The van der Waals surface area contributed by atoms with E-state index in [0.29, 0.717) is 23.0 Å². The van der Waals surface area contributed by atoms with Gasteiger partial charge in [0.1, 0.15) is 17.6 Å². The molecule has 0 saturated carbocycles. The average Bonchev–Trinajstić information content (AvgIpc) is 2.85. The number of hydrogen-bond acceptors (Lipinski definition) is 6. The number of aromatic hydroxyl groups is 1. The quantitative estimate of drug-likeness (QED) is 0.844. The molecule has 1 aromatic carbocycles. The van der Waals surface area contributed by atoms with Crippen LogP contribution in [-0.4, -0.2) is 32.4 Å². The molecule has 2 aromatic rings. The lowest BCUT2D eigenvalue weighted by Gasteiger charge is -2.28. The lowest BCUT2D eigenvalue weighted by atomic mass is 9.95. The van der Waals surface area contributed by atoms with Crippen molar-refractivity contribution in [2.24, 2.45) is 0 Å². The van der Waals surface area contributed by atoms with Gasteiger partial charge in [-0.1, -0.05) is 12.1 Å². The summed E-state index contributed by atoms with van der Waals surface area (Å²) >= 11 is 0. The molecule has 7 nitrogen and oxygen atoms in total. The molecular weight excluding hydrogens is 296 g/mol. The largest absolute Gasteiger partial charge is 0.508 e. The van der Waals surface area contributed by atoms with Crippen LogP contribution in [-0.2, 0) is 9.53 Å². The summed E-state index contributed by atoms with van der Waals surface area (Å²) < 4.78 is 6.84. The Morgan fingerprint density at radius 2 is 2.22 bits per heavy atom. The second-order valence-electron chi connectivity index (χ2n) is 5.31. The van der Waals surface area contributed by atoms with E-state index in [1.807, 2.05) is 6.07 Å². The average molecular weight is 314 g/mol. The standard InChI is InChI=1S/C16H18N4O3/c1-4-23-15(22)13-9(2)17-16-18-10(3)19-20(16)14(13)11-6-5-7-12(21)8-11/h5-8,14,21H,4H2,1-3H3,(H,17,18,19)/t14-/m0/s1. The molecule has 0 saturated heterocycles. The van der Waals surface area contributed by atoms with Crippen LogP contribution in [0.2, 0.25) is 0 Å². The van der Waals surface area contributed by atoms with Gasteiger partial charge in [-0.2, -0.15) is 10.1 Å². The number of anilines is 1. The fourth-order valence-electron chi connectivity index (χ4n) is 2.73. The minimum atomic E-state index is -0.501. The van der Waals surface area contributed by atoms with Gasteiger partial charge >= 0.3 is 5.97 Å². The predicted molar refractivity (Wildman–Crippen MR) is 84.0 cm³/mol. The van der Waals surface area contributed by atoms with E-state index < -0.39 is 12.0 Å². The SMILES string of the molecule is CCOC(=O)C1=C(C)Nc2nc(C)nn2[C@H]1c1cccc(O)c1. The van der Waals surface area contributed by atoms with Gasteiger partial charge in [-0.05, 0) is 38.5 Å². The first-order valence-electron chi connectivity index (χ1n) is 7.38. The van der Waals surface area contributed by atoms with Crippen molar-refractivity contribution in [1.29, 1.82) is 0 Å². The van der Waals surface area contributed by atoms with E-state index >= 15 is 0 Å². The highest BCUT2D eigenvalue weighted by atomic mass is 16.5. The van der Waals surface area contributed by atoms with Crippen LogP contribution in [0.1, 0.15) is 31.3 Å². The summed E-state index contributed by atoms with van der Waals surface area (Å²) in [5.74, 6) is 0.863. The third kappa shape index (κ3) is 2.65. The van der Waals surface area contributed by atoms with Crippen LogP contribution in [0.15, 0.2) is 35.5 Å². The van der Waals surface area contributed by atoms with Gasteiger partial charge in [0, 0.05) is 5.70 Å². The number of aromatic nitrogens is 3. The fraction of sp³-hybridized carbons (Fsp3) is 0.312. The lowest BCUT2D eigenvalue weighted by Crippen LogP contribution is -2.29. The summed E-state index contributed by atoms with van der Waals surface area (Å²) in [5.41, 5.74) is 1.85. The van der Waals surface area contributed by atoms with Crippen molar-refractivity contribution in [3.05, 3.63) is 46.9 Å². The number of nitrogens with zero attached hydrogens (tertiary/aromatic N) is 3. The number of nitrogens with one attached hydrogen (secondary N) is 1. The van der Waals surface area contributed by atoms with Crippen molar-refractivity contribution in [3.8, 4) is 5.75 Å². The number of fused-ring (bicyclic) bond motifs is 1. The topological polar surface area (TPSA) is 89.3 Å². The molecule has 0 amide bonds. The maximum Gasteiger partial charge on any atom is 0.338 e. The van der Waals surface area contributed by atoms with E-state index in [-0.39, 0.29) is 12.4 Å². The van der Waals surface area contributed by atoms with Gasteiger partial charge in [-0.3, -0.25) is 0 Å². The highest BCUT2D eigenvalue weighted by Gasteiger charge is 2.34. The van der Waals surface area contributed by atoms with Gasteiger partial charge in [0.2, 0.25) is 5.95 Å². The van der Waals surface area contributed by atoms with Crippen LogP contribution in [0.4, 0.5) is 5.95 Å². The molecule has 1 aliphatic heterocycles. The van der Waals surface area contributed by atoms with Crippen molar-refractivity contribution in [2.75, 3.05) is 11.9 Å². The summed E-state index contributed by atoms with van der Waals surface area (Å²) in [7, 11) is 0. The van der Waals surface area contributed by atoms with Crippen LogP contribution < -0.4 is 5.32 Å². The zero-order chi connectivity index (χ0) is 16.6. The van der Waals surface area contributed by atoms with E-state index in [1.165, 1.54) is 0 Å². The molecule has 7 heteroatoms. The summed E-state index contributed by atoms with van der Waals surface area (Å²) in [6.45, 7) is 5.63. The molecular formula is C16H18N4O3. The van der Waals surface area contributed by atoms with Gasteiger partial charge in [-0.25, -0.2) is 9.48 Å². The van der Waals surface area contributed by atoms with Gasteiger partial charge in [0.15, 0.2) is 0 Å². The van der Waals surface area contributed by atoms with Crippen molar-refractivity contribution < 1.29 is 14.6 Å². The van der Waals surface area contributed by atoms with Crippen LogP contribution in [0, 0.1) is 6.92 Å². The number of carbonyl (C=O) groups excluding carboxylic acids is 1. The van der Waals surface area contributed by atoms with Crippen LogP contribution in [0.3, 0.4) is 0 Å². The number of aryl methyl sites for hydroxylation is 1. The Hall–Kier alpha value is -2.83. The zero-order valence-electron chi connectivity index (χ0n) is 13.2. The minimum absolute atomic E-state index is 0.125. The number of rotatable bonds is 3. The summed E-state index contributed by atoms with van der Waals surface area (Å²) in [4.78, 5) is 16.8. The maximum atomic E-state index is 12.4. The van der Waals surface area contributed by atoms with Crippen molar-refractivity contribution in [2.45, 2.75) is 26.8 Å². The first-order valence-corrected chi connectivity index (χ1v) is 7.38. The van der Waals surface area contributed by atoms with E-state index in [4.69, 9.17) is 4.74 Å². The Morgan fingerprint density at radius 3 is 2.91 bits per heavy atom. The number of phenolic OH excluding ortho intramolecular Hbond substituents is 1. The van der Waals surface area contributed by atoms with E-state index in [2.05, 4.69) is 15.4 Å². The van der Waals surface area contributed by atoms with Crippen LogP contribution in [0.5, 0.6) is 5.75 Å². The molecule has 1 aromatic heterocycles. The molecule has 0 bridgehead atoms. The van der Waals surface area contributed by atoms with Crippen LogP contribution >= 0.6 is 0 Å². The normalized spacial score (nSPS) is 16.7. The number of phenols is 1. The van der Waals surface area contributed by atoms with E-state index in [9.17, 15) is 9.90 Å². The minimum Gasteiger partial charge on any atom is -0.508 e. The van der Waals surface area contributed by atoms with Gasteiger partial charge in [0.05, 0.1) is 12.2 Å². The Kier molecular flexibility index (Phi) is 3.77. The number of benzene rings is 1. The molecule has 23 heavy (non-hydrogen) atoms. The Labute approximate surface area is 133 Å². The van der Waals surface area contributed by atoms with Crippen molar-refractivity contribution in [3.63, 3.8) is 0 Å². The number of hydrogen-bond donors (Lipinski definition) is 2. The molecule has 120 valence electrons. The van der Waals surface area contributed by atoms with Crippen LogP contribution in [0.25, 0.3) is 0 Å².